The van der Waals surface area contributed by atoms with E-state index in [-0.39, 0.29) is 5.91 Å². The molecule has 0 spiro atoms. The molecule has 0 saturated heterocycles. The van der Waals surface area contributed by atoms with Crippen LogP contribution in [-0.2, 0) is 11.3 Å². The Balaban J connectivity index is 1.60. The molecule has 1 amide bonds. The molecule has 0 saturated carbocycles. The molecule has 0 unspecified atom stereocenters. The van der Waals surface area contributed by atoms with E-state index in [1.807, 2.05) is 36.4 Å². The van der Waals surface area contributed by atoms with E-state index in [0.29, 0.717) is 35.2 Å². The van der Waals surface area contributed by atoms with Gasteiger partial charge in [0.1, 0.15) is 0 Å². The fourth-order valence-corrected chi connectivity index (χ4v) is 2.97. The topological polar surface area (TPSA) is 108 Å². The molecule has 166 valence electrons. The molecule has 2 aromatic carbocycles. The van der Waals surface area contributed by atoms with Gasteiger partial charge in [-0.05, 0) is 29.8 Å². The number of pyridine rings is 1. The third-order valence-corrected chi connectivity index (χ3v) is 4.63. The lowest BCUT2D eigenvalue weighted by molar-refractivity contribution is -0.111. The molecule has 1 aromatic heterocycles. The van der Waals surface area contributed by atoms with Gasteiger partial charge in [0.2, 0.25) is 11.7 Å². The van der Waals surface area contributed by atoms with Crippen molar-refractivity contribution in [2.45, 2.75) is 6.54 Å². The zero-order valence-corrected chi connectivity index (χ0v) is 18.2. The Kier molecular flexibility index (Phi) is 7.53. The number of nitrogens with one attached hydrogen (secondary N) is 2. The van der Waals surface area contributed by atoms with E-state index in [4.69, 9.17) is 19.9 Å². The molecule has 8 heteroatoms. The van der Waals surface area contributed by atoms with Crippen molar-refractivity contribution in [1.82, 2.24) is 4.98 Å². The number of methoxy groups -OCH3 is 3. The number of nitrogens with two attached hydrogens (primary N) is 1. The number of hydrogen-bond acceptors (Lipinski definition) is 7. The van der Waals surface area contributed by atoms with Crippen molar-refractivity contribution in [3.8, 4) is 17.2 Å². The minimum atomic E-state index is -0.268. The smallest absolute Gasteiger partial charge is 0.248 e. The lowest BCUT2D eigenvalue weighted by Crippen LogP contribution is -2.09. The van der Waals surface area contributed by atoms with Crippen molar-refractivity contribution >= 4 is 29.0 Å². The first kappa shape index (κ1) is 22.5. The third kappa shape index (κ3) is 5.69. The molecule has 0 aliphatic heterocycles. The monoisotopic (exact) mass is 434 g/mol. The molecule has 0 bridgehead atoms. The number of nitrogens with zero attached hydrogens (tertiary/aromatic N) is 1. The Labute approximate surface area is 187 Å². The number of carbonyl (C=O) groups excluding carboxylic acids is 1. The maximum atomic E-state index is 12.1. The molecule has 0 atom stereocenters. The van der Waals surface area contributed by atoms with E-state index >= 15 is 0 Å². The van der Waals surface area contributed by atoms with Gasteiger partial charge in [-0.2, -0.15) is 0 Å². The van der Waals surface area contributed by atoms with E-state index < -0.39 is 0 Å². The van der Waals surface area contributed by atoms with Crippen molar-refractivity contribution in [3.63, 3.8) is 0 Å². The SMILES string of the molecule is COc1cc(NCc2ccc(C=CC(=O)Nc3ccccc3N)cn2)cc(OC)c1OC. The van der Waals surface area contributed by atoms with Crippen LogP contribution in [0.5, 0.6) is 17.2 Å². The van der Waals surface area contributed by atoms with E-state index in [1.54, 1.807) is 45.7 Å². The highest BCUT2D eigenvalue weighted by Gasteiger charge is 2.13. The summed E-state index contributed by atoms with van der Waals surface area (Å²) in [5.41, 5.74) is 9.37. The average molecular weight is 434 g/mol. The minimum absolute atomic E-state index is 0.268. The normalized spacial score (nSPS) is 10.6. The Morgan fingerprint density at radius 2 is 1.75 bits per heavy atom. The Hall–Kier alpha value is -4.20. The zero-order chi connectivity index (χ0) is 22.9. The summed E-state index contributed by atoms with van der Waals surface area (Å²) < 4.78 is 16.1. The largest absolute Gasteiger partial charge is 0.493 e. The predicted molar refractivity (Wildman–Crippen MR) is 126 cm³/mol. The summed E-state index contributed by atoms with van der Waals surface area (Å²) in [5.74, 6) is 1.40. The maximum absolute atomic E-state index is 12.1. The molecular weight excluding hydrogens is 408 g/mol. The van der Waals surface area contributed by atoms with Crippen LogP contribution in [-0.4, -0.2) is 32.2 Å². The molecule has 4 N–H and O–H groups in total. The number of anilines is 3. The number of rotatable bonds is 9. The minimum Gasteiger partial charge on any atom is -0.493 e. The second kappa shape index (κ2) is 10.7. The number of amides is 1. The molecular formula is C24H26N4O4. The predicted octanol–water partition coefficient (Wildman–Crippen LogP) is 3.95. The zero-order valence-electron chi connectivity index (χ0n) is 18.2. The fourth-order valence-electron chi connectivity index (χ4n) is 2.97. The standard InChI is InChI=1S/C24H26N4O4/c1-30-21-12-18(13-22(31-2)24(21)32-3)27-15-17-10-8-16(14-26-17)9-11-23(29)28-20-7-5-4-6-19(20)25/h4-14,27H,15,25H2,1-3H3,(H,28,29). The van der Waals surface area contributed by atoms with Gasteiger partial charge in [0.15, 0.2) is 11.5 Å². The first-order chi connectivity index (χ1) is 15.5. The van der Waals surface area contributed by atoms with E-state index in [2.05, 4.69) is 15.6 Å². The fraction of sp³-hybridized carbons (Fsp3) is 0.167. The van der Waals surface area contributed by atoms with Crippen molar-refractivity contribution in [2.24, 2.45) is 0 Å². The van der Waals surface area contributed by atoms with Gasteiger partial charge < -0.3 is 30.6 Å². The summed E-state index contributed by atoms with van der Waals surface area (Å²) in [5, 5.41) is 6.04. The number of carbonyl (C=O) groups is 1. The highest BCUT2D eigenvalue weighted by atomic mass is 16.5. The number of benzene rings is 2. The van der Waals surface area contributed by atoms with Gasteiger partial charge in [0, 0.05) is 30.1 Å². The summed E-state index contributed by atoms with van der Waals surface area (Å²) in [6.07, 6.45) is 4.84. The van der Waals surface area contributed by atoms with Crippen LogP contribution in [0.3, 0.4) is 0 Å². The van der Waals surface area contributed by atoms with Gasteiger partial charge in [-0.3, -0.25) is 9.78 Å². The molecule has 8 nitrogen and oxygen atoms in total. The summed E-state index contributed by atoms with van der Waals surface area (Å²) in [6, 6.07) is 14.5. The van der Waals surface area contributed by atoms with Gasteiger partial charge in [-0.1, -0.05) is 18.2 Å². The molecule has 0 aliphatic carbocycles. The van der Waals surface area contributed by atoms with Crippen molar-refractivity contribution in [1.29, 1.82) is 0 Å². The average Bonchev–Trinajstić information content (AvgIpc) is 2.82. The third-order valence-electron chi connectivity index (χ3n) is 4.63. The van der Waals surface area contributed by atoms with Crippen molar-refractivity contribution < 1.29 is 19.0 Å². The first-order valence-corrected chi connectivity index (χ1v) is 9.86. The molecule has 1 heterocycles. The maximum Gasteiger partial charge on any atom is 0.248 e. The van der Waals surface area contributed by atoms with Crippen molar-refractivity contribution in [3.05, 3.63) is 72.1 Å². The summed E-state index contributed by atoms with van der Waals surface area (Å²) >= 11 is 0. The molecule has 0 radical (unpaired) electrons. The van der Waals surface area contributed by atoms with Gasteiger partial charge in [0.05, 0.1) is 44.9 Å². The van der Waals surface area contributed by atoms with E-state index in [0.717, 1.165) is 16.9 Å². The van der Waals surface area contributed by atoms with Gasteiger partial charge in [0.25, 0.3) is 0 Å². The second-order valence-corrected chi connectivity index (χ2v) is 6.76. The summed E-state index contributed by atoms with van der Waals surface area (Å²) in [7, 11) is 4.71. The van der Waals surface area contributed by atoms with Crippen LogP contribution in [0.2, 0.25) is 0 Å². The van der Waals surface area contributed by atoms with Gasteiger partial charge in [-0.15, -0.1) is 0 Å². The highest BCUT2D eigenvalue weighted by molar-refractivity contribution is 6.03. The van der Waals surface area contributed by atoms with Crippen LogP contribution in [0.1, 0.15) is 11.3 Å². The van der Waals surface area contributed by atoms with Gasteiger partial charge in [-0.25, -0.2) is 0 Å². The lowest BCUT2D eigenvalue weighted by atomic mass is 10.2. The first-order valence-electron chi connectivity index (χ1n) is 9.86. The van der Waals surface area contributed by atoms with Crippen molar-refractivity contribution in [2.75, 3.05) is 37.7 Å². The van der Waals surface area contributed by atoms with Crippen LogP contribution in [0.4, 0.5) is 17.1 Å². The van der Waals surface area contributed by atoms with E-state index in [1.165, 1.54) is 6.08 Å². The molecule has 32 heavy (non-hydrogen) atoms. The quantitative estimate of drug-likeness (QED) is 0.346. The van der Waals surface area contributed by atoms with Crippen LogP contribution in [0.15, 0.2) is 60.8 Å². The Bertz CT molecular complexity index is 1070. The summed E-state index contributed by atoms with van der Waals surface area (Å²) in [6.45, 7) is 0.496. The van der Waals surface area contributed by atoms with Crippen LogP contribution in [0.25, 0.3) is 6.08 Å². The van der Waals surface area contributed by atoms with E-state index in [9.17, 15) is 4.79 Å². The van der Waals surface area contributed by atoms with Crippen LogP contribution >= 0.6 is 0 Å². The van der Waals surface area contributed by atoms with Gasteiger partial charge >= 0.3 is 0 Å². The Morgan fingerprint density at radius 3 is 2.34 bits per heavy atom. The Morgan fingerprint density at radius 1 is 1.03 bits per heavy atom. The van der Waals surface area contributed by atoms with Crippen LogP contribution < -0.4 is 30.6 Å². The number of para-hydroxylation sites is 2. The molecule has 0 fully saturated rings. The number of ether oxygens (including phenoxy) is 3. The second-order valence-electron chi connectivity index (χ2n) is 6.76. The lowest BCUT2D eigenvalue weighted by Gasteiger charge is -2.15. The molecule has 3 aromatic rings. The summed E-state index contributed by atoms with van der Waals surface area (Å²) in [4.78, 5) is 16.5. The number of nitrogen functional groups attached to an aromatic ring is 1. The molecule has 0 aliphatic rings. The number of aromatic nitrogens is 1. The highest BCUT2D eigenvalue weighted by Crippen LogP contribution is 2.40. The molecule has 3 rings (SSSR count). The number of hydrogen-bond donors (Lipinski definition) is 3. The van der Waals surface area contributed by atoms with Crippen LogP contribution in [0, 0.1) is 0 Å².